The summed E-state index contributed by atoms with van der Waals surface area (Å²) in [7, 11) is 1.60. The molecule has 0 saturated carbocycles. The predicted octanol–water partition coefficient (Wildman–Crippen LogP) is -0.871. The van der Waals surface area contributed by atoms with Gasteiger partial charge in [0.25, 0.3) is 0 Å². The zero-order valence-electron chi connectivity index (χ0n) is 45.6. The van der Waals surface area contributed by atoms with E-state index in [9.17, 15) is 47.9 Å². The Bertz CT molecular complexity index is 1670. The fourth-order valence-electron chi connectivity index (χ4n) is 6.81. The van der Waals surface area contributed by atoms with Gasteiger partial charge in [0.15, 0.2) is 0 Å². The third-order valence-corrected chi connectivity index (χ3v) is 11.2. The number of unbranched alkanes of at least 4 members (excludes halogenated alkanes) is 9. The summed E-state index contributed by atoms with van der Waals surface area (Å²) in [5.74, 6) is -6.89. The summed E-state index contributed by atoms with van der Waals surface area (Å²) >= 11 is 0. The standard InChI is InChI=1S/C50H92N10O15/c1-7-8-9-10-11-12-13-14-15-19-39(61)53-34-44(66)59-47(37(4)5)50(70)57-35-45(67)60-46(36(2)3)49(69)56-32-42(64)54-31-41(63)55-33-43(65)58-38(48(51)68)18-16-17-21-52-40(62)20-22-72-25-26-74-29-30-75-28-27-73-24-23-71-6/h36-38,46-47H,7-35H2,1-6H3,(H2,51,68)(H,52,62)(H,53,61)(H,54,64)(H,55,63)(H,56,69)(H,57,70)(H,58,65)(H,59,66)(H,60,67). The number of carbonyl (C=O) groups is 10. The number of carbonyl (C=O) groups excluding carboxylic acids is 10. The smallest absolute Gasteiger partial charge is 0.243 e. The molecule has 0 aromatic carbocycles. The van der Waals surface area contributed by atoms with Crippen LogP contribution in [0.3, 0.4) is 0 Å². The molecule has 3 unspecified atom stereocenters. The van der Waals surface area contributed by atoms with Crippen molar-refractivity contribution in [1.29, 1.82) is 0 Å². The Hall–Kier alpha value is -5.50. The molecule has 0 aliphatic rings. The lowest BCUT2D eigenvalue weighted by atomic mass is 10.0. The van der Waals surface area contributed by atoms with Gasteiger partial charge in [0.1, 0.15) is 18.1 Å². The van der Waals surface area contributed by atoms with Crippen LogP contribution < -0.4 is 53.6 Å². The molecule has 432 valence electrons. The van der Waals surface area contributed by atoms with Crippen molar-refractivity contribution in [1.82, 2.24) is 47.9 Å². The summed E-state index contributed by atoms with van der Waals surface area (Å²) in [4.78, 5) is 125. The minimum atomic E-state index is -1.11. The van der Waals surface area contributed by atoms with E-state index < -0.39 is 97.5 Å². The van der Waals surface area contributed by atoms with Crippen LogP contribution in [0.25, 0.3) is 0 Å². The maximum absolute atomic E-state index is 13.0. The van der Waals surface area contributed by atoms with Gasteiger partial charge in [0.2, 0.25) is 59.1 Å². The molecular formula is C50H92N10O15. The van der Waals surface area contributed by atoms with Crippen molar-refractivity contribution in [2.24, 2.45) is 17.6 Å². The van der Waals surface area contributed by atoms with Gasteiger partial charge in [-0.2, -0.15) is 0 Å². The Morgan fingerprint density at radius 2 is 0.787 bits per heavy atom. The minimum Gasteiger partial charge on any atom is -0.382 e. The Morgan fingerprint density at radius 1 is 0.400 bits per heavy atom. The van der Waals surface area contributed by atoms with Gasteiger partial charge in [-0.3, -0.25) is 47.9 Å². The zero-order chi connectivity index (χ0) is 56.1. The molecule has 0 rings (SSSR count). The van der Waals surface area contributed by atoms with Gasteiger partial charge >= 0.3 is 0 Å². The van der Waals surface area contributed by atoms with Crippen LogP contribution in [0, 0.1) is 11.8 Å². The lowest BCUT2D eigenvalue weighted by molar-refractivity contribution is -0.133. The maximum Gasteiger partial charge on any atom is 0.243 e. The number of nitrogens with one attached hydrogen (secondary N) is 9. The molecule has 3 atom stereocenters. The molecule has 0 spiro atoms. The molecule has 0 aliphatic heterocycles. The zero-order valence-corrected chi connectivity index (χ0v) is 45.6. The number of hydrogen-bond acceptors (Lipinski definition) is 15. The third-order valence-electron chi connectivity index (χ3n) is 11.2. The molecule has 0 aromatic heterocycles. The molecular weight excluding hydrogens is 981 g/mol. The highest BCUT2D eigenvalue weighted by Crippen LogP contribution is 2.11. The van der Waals surface area contributed by atoms with E-state index in [1.165, 1.54) is 32.1 Å². The Morgan fingerprint density at radius 3 is 1.25 bits per heavy atom. The van der Waals surface area contributed by atoms with E-state index in [-0.39, 0.29) is 43.7 Å². The average molecular weight is 1070 g/mol. The van der Waals surface area contributed by atoms with Gasteiger partial charge < -0.3 is 77.3 Å². The van der Waals surface area contributed by atoms with Crippen molar-refractivity contribution < 1.29 is 71.6 Å². The van der Waals surface area contributed by atoms with Crippen LogP contribution >= 0.6 is 0 Å². The van der Waals surface area contributed by atoms with Gasteiger partial charge in [-0.05, 0) is 37.5 Å². The van der Waals surface area contributed by atoms with Gasteiger partial charge in [-0.15, -0.1) is 0 Å². The number of nitrogens with two attached hydrogens (primary N) is 1. The van der Waals surface area contributed by atoms with Gasteiger partial charge in [0, 0.05) is 26.5 Å². The molecule has 0 bridgehead atoms. The SMILES string of the molecule is CCCCCCCCCCCC(=O)NCC(=O)NC(C(=O)NCC(=O)NC(C(=O)NCC(=O)NCC(=O)NCC(=O)NC(CCCCNC(=O)CCOCCOCCOCCOCCOC)C(N)=O)C(C)C)C(C)C. The van der Waals surface area contributed by atoms with Crippen LogP contribution in [0.4, 0.5) is 0 Å². The Balaban J connectivity index is 4.41. The normalized spacial score (nSPS) is 12.2. The molecule has 0 aliphatic carbocycles. The van der Waals surface area contributed by atoms with Crippen LogP contribution in [0.1, 0.15) is 125 Å². The van der Waals surface area contributed by atoms with E-state index in [2.05, 4.69) is 54.8 Å². The molecule has 11 N–H and O–H groups in total. The van der Waals surface area contributed by atoms with Crippen LogP contribution in [-0.4, -0.2) is 183 Å². The summed E-state index contributed by atoms with van der Waals surface area (Å²) < 4.78 is 26.4. The van der Waals surface area contributed by atoms with E-state index >= 15 is 0 Å². The second-order valence-corrected chi connectivity index (χ2v) is 18.5. The van der Waals surface area contributed by atoms with E-state index in [0.717, 1.165) is 25.7 Å². The van der Waals surface area contributed by atoms with Crippen molar-refractivity contribution in [2.45, 2.75) is 143 Å². The highest BCUT2D eigenvalue weighted by atomic mass is 16.6. The first-order chi connectivity index (χ1) is 35.9. The van der Waals surface area contributed by atoms with Gasteiger partial charge in [-0.25, -0.2) is 0 Å². The van der Waals surface area contributed by atoms with E-state index in [1.807, 2.05) is 0 Å². The largest absolute Gasteiger partial charge is 0.382 e. The maximum atomic E-state index is 13.0. The van der Waals surface area contributed by atoms with Crippen molar-refractivity contribution >= 4 is 59.1 Å². The average Bonchev–Trinajstić information content (AvgIpc) is 3.37. The van der Waals surface area contributed by atoms with E-state index in [4.69, 9.17) is 29.4 Å². The van der Waals surface area contributed by atoms with Crippen LogP contribution in [-0.2, 0) is 71.6 Å². The lowest BCUT2D eigenvalue weighted by Gasteiger charge is -2.23. The monoisotopic (exact) mass is 1070 g/mol. The molecule has 0 fully saturated rings. The highest BCUT2D eigenvalue weighted by molar-refractivity contribution is 5.95. The third kappa shape index (κ3) is 40.5. The van der Waals surface area contributed by atoms with Gasteiger partial charge in [-0.1, -0.05) is 86.0 Å². The van der Waals surface area contributed by atoms with Crippen molar-refractivity contribution in [3.63, 3.8) is 0 Å². The molecule has 0 aromatic rings. The van der Waals surface area contributed by atoms with Crippen molar-refractivity contribution in [2.75, 3.05) is 106 Å². The molecule has 75 heavy (non-hydrogen) atoms. The lowest BCUT2D eigenvalue weighted by Crippen LogP contribution is -2.55. The fraction of sp³-hybridized carbons (Fsp3) is 0.800. The van der Waals surface area contributed by atoms with Gasteiger partial charge in [0.05, 0.1) is 92.2 Å². The van der Waals surface area contributed by atoms with Crippen LogP contribution in [0.15, 0.2) is 0 Å². The first kappa shape index (κ1) is 69.5. The highest BCUT2D eigenvalue weighted by Gasteiger charge is 2.28. The molecule has 0 radical (unpaired) electrons. The summed E-state index contributed by atoms with van der Waals surface area (Å²) in [5, 5.41) is 22.4. The second kappa shape index (κ2) is 45.9. The molecule has 0 saturated heterocycles. The minimum absolute atomic E-state index is 0.152. The number of rotatable bonds is 48. The van der Waals surface area contributed by atoms with Crippen molar-refractivity contribution in [3.05, 3.63) is 0 Å². The van der Waals surface area contributed by atoms with Crippen LogP contribution in [0.5, 0.6) is 0 Å². The first-order valence-corrected chi connectivity index (χ1v) is 26.5. The number of hydrogen-bond donors (Lipinski definition) is 10. The molecule has 10 amide bonds. The summed E-state index contributed by atoms with van der Waals surface area (Å²) in [6, 6.07) is -3.15. The van der Waals surface area contributed by atoms with Crippen molar-refractivity contribution in [3.8, 4) is 0 Å². The van der Waals surface area contributed by atoms with E-state index in [0.29, 0.717) is 78.7 Å². The summed E-state index contributed by atoms with van der Waals surface area (Å²) in [5.41, 5.74) is 5.45. The fourth-order valence-corrected chi connectivity index (χ4v) is 6.81. The Kier molecular flexibility index (Phi) is 42.5. The van der Waals surface area contributed by atoms with E-state index in [1.54, 1.807) is 34.8 Å². The summed E-state index contributed by atoms with van der Waals surface area (Å²) in [6.45, 7) is 10.5. The quantitative estimate of drug-likeness (QED) is 0.0331. The molecule has 25 nitrogen and oxygen atoms in total. The first-order valence-electron chi connectivity index (χ1n) is 26.5. The Labute approximate surface area is 443 Å². The number of primary amides is 1. The molecule has 25 heteroatoms. The predicted molar refractivity (Wildman–Crippen MR) is 278 cm³/mol. The number of methoxy groups -OCH3 is 1. The number of ether oxygens (including phenoxy) is 5. The number of amides is 10. The second-order valence-electron chi connectivity index (χ2n) is 18.5. The molecule has 0 heterocycles. The topological polar surface area (TPSA) is 351 Å². The van der Waals surface area contributed by atoms with Crippen LogP contribution in [0.2, 0.25) is 0 Å². The summed E-state index contributed by atoms with van der Waals surface area (Å²) in [6.07, 6.45) is 11.6.